The first-order valence-electron chi connectivity index (χ1n) is 13.5. The zero-order valence-corrected chi connectivity index (χ0v) is 21.6. The molecule has 174 valence electrons. The number of Topliss-reactive ketones (excluding diaryl/α,β-unsaturated/α-hetero) is 1. The third-order valence-electron chi connectivity index (χ3n) is 13.2. The van der Waals surface area contributed by atoms with Crippen LogP contribution in [0.15, 0.2) is 12.2 Å². The molecule has 0 spiro atoms. The Bertz CT molecular complexity index is 807. The van der Waals surface area contributed by atoms with Crippen molar-refractivity contribution in [1.82, 2.24) is 0 Å². The molecule has 0 aliphatic heterocycles. The van der Waals surface area contributed by atoms with E-state index in [1.165, 1.54) is 56.9 Å². The predicted octanol–water partition coefficient (Wildman–Crippen LogP) is 8.23. The summed E-state index contributed by atoms with van der Waals surface area (Å²) in [5, 5.41) is 0. The standard InChI is InChI=1S/C30H48O/c1-19(2)20-11-14-27(5)17-18-29(7)21(25(20)27)9-10-23-28(6)15-13-24(31)26(3,4)22(28)12-16-30(23,29)8/h20-23,25H,1,9-18H2,2-8H3/t20?,21-,22?,23?,25?,27-,28+,29?,30-/m1/s1. The van der Waals surface area contributed by atoms with Crippen LogP contribution in [0.4, 0.5) is 0 Å². The van der Waals surface area contributed by atoms with Crippen LogP contribution >= 0.6 is 0 Å². The van der Waals surface area contributed by atoms with Gasteiger partial charge < -0.3 is 0 Å². The molecular weight excluding hydrogens is 376 g/mol. The molecule has 1 heteroatoms. The minimum absolute atomic E-state index is 0.131. The molecule has 31 heavy (non-hydrogen) atoms. The zero-order valence-electron chi connectivity index (χ0n) is 21.6. The van der Waals surface area contributed by atoms with Crippen molar-refractivity contribution in [2.24, 2.45) is 56.7 Å². The molecule has 0 N–H and O–H groups in total. The van der Waals surface area contributed by atoms with Gasteiger partial charge in [0.15, 0.2) is 0 Å². The highest BCUT2D eigenvalue weighted by Gasteiger charge is 2.70. The summed E-state index contributed by atoms with van der Waals surface area (Å²) in [7, 11) is 0. The Kier molecular flexibility index (Phi) is 4.66. The summed E-state index contributed by atoms with van der Waals surface area (Å²) in [5.41, 5.74) is 3.06. The van der Waals surface area contributed by atoms with E-state index in [0.717, 1.165) is 36.5 Å². The number of rotatable bonds is 1. The lowest BCUT2D eigenvalue weighted by molar-refractivity contribution is -0.232. The van der Waals surface area contributed by atoms with Gasteiger partial charge in [0.2, 0.25) is 0 Å². The summed E-state index contributed by atoms with van der Waals surface area (Å²) in [6.07, 6.45) is 13.0. The summed E-state index contributed by atoms with van der Waals surface area (Å²) in [6, 6.07) is 0. The molecule has 5 aliphatic carbocycles. The Balaban J connectivity index is 1.55. The Hall–Kier alpha value is -0.590. The summed E-state index contributed by atoms with van der Waals surface area (Å²) in [6.45, 7) is 22.0. The average Bonchev–Trinajstić information content (AvgIpc) is 3.04. The molecule has 5 saturated carbocycles. The van der Waals surface area contributed by atoms with Crippen molar-refractivity contribution in [3.8, 4) is 0 Å². The van der Waals surface area contributed by atoms with Crippen LogP contribution in [-0.4, -0.2) is 5.78 Å². The molecule has 0 saturated heterocycles. The quantitative estimate of drug-likeness (QED) is 0.387. The van der Waals surface area contributed by atoms with Gasteiger partial charge in [-0.25, -0.2) is 0 Å². The van der Waals surface area contributed by atoms with Gasteiger partial charge >= 0.3 is 0 Å². The van der Waals surface area contributed by atoms with E-state index in [1.807, 2.05) is 0 Å². The fourth-order valence-electron chi connectivity index (χ4n) is 11.3. The summed E-state index contributed by atoms with van der Waals surface area (Å²) >= 11 is 0. The first-order chi connectivity index (χ1) is 14.3. The van der Waals surface area contributed by atoms with Crippen LogP contribution in [0.25, 0.3) is 0 Å². The van der Waals surface area contributed by atoms with E-state index >= 15 is 0 Å². The van der Waals surface area contributed by atoms with Gasteiger partial charge in [0.25, 0.3) is 0 Å². The van der Waals surface area contributed by atoms with Crippen molar-refractivity contribution in [1.29, 1.82) is 0 Å². The molecule has 0 aromatic heterocycles. The molecular formula is C30H48O. The molecule has 0 aromatic carbocycles. The second kappa shape index (κ2) is 6.50. The van der Waals surface area contributed by atoms with Crippen LogP contribution in [0.2, 0.25) is 0 Å². The number of hydrogen-bond acceptors (Lipinski definition) is 1. The first-order valence-corrected chi connectivity index (χ1v) is 13.5. The van der Waals surface area contributed by atoms with E-state index in [4.69, 9.17) is 0 Å². The van der Waals surface area contributed by atoms with Crippen LogP contribution in [0.5, 0.6) is 0 Å². The maximum atomic E-state index is 12.9. The molecule has 9 atom stereocenters. The molecule has 0 aromatic rings. The summed E-state index contributed by atoms with van der Waals surface area (Å²) in [5.74, 6) is 4.33. The first kappa shape index (κ1) is 22.2. The maximum absolute atomic E-state index is 12.9. The van der Waals surface area contributed by atoms with Crippen molar-refractivity contribution >= 4 is 5.78 Å². The SMILES string of the molecule is C=C(C)C1CC[C@]2(C)CCC3(C)[C@H](CCC4[C@@]5(C)CCC(=O)C(C)(C)C5CC[C@]43C)C12. The van der Waals surface area contributed by atoms with Gasteiger partial charge in [-0.05, 0) is 116 Å². The maximum Gasteiger partial charge on any atom is 0.138 e. The zero-order chi connectivity index (χ0) is 22.6. The van der Waals surface area contributed by atoms with Gasteiger partial charge in [-0.3, -0.25) is 4.79 Å². The number of allylic oxidation sites excluding steroid dienone is 1. The summed E-state index contributed by atoms with van der Waals surface area (Å²) < 4.78 is 0. The van der Waals surface area contributed by atoms with Crippen LogP contribution in [0.3, 0.4) is 0 Å². The van der Waals surface area contributed by atoms with Crippen LogP contribution in [0.1, 0.15) is 113 Å². The van der Waals surface area contributed by atoms with Gasteiger partial charge in [0.05, 0.1) is 0 Å². The minimum Gasteiger partial charge on any atom is -0.299 e. The normalized spacial score (nSPS) is 55.6. The van der Waals surface area contributed by atoms with E-state index in [1.54, 1.807) is 0 Å². The molecule has 0 amide bonds. The predicted molar refractivity (Wildman–Crippen MR) is 130 cm³/mol. The smallest absolute Gasteiger partial charge is 0.138 e. The van der Waals surface area contributed by atoms with Crippen molar-refractivity contribution in [3.05, 3.63) is 12.2 Å². The van der Waals surface area contributed by atoms with E-state index in [-0.39, 0.29) is 5.41 Å². The van der Waals surface area contributed by atoms with Gasteiger partial charge in [-0.15, -0.1) is 0 Å². The van der Waals surface area contributed by atoms with E-state index in [2.05, 4.69) is 55.0 Å². The van der Waals surface area contributed by atoms with Gasteiger partial charge in [-0.1, -0.05) is 53.7 Å². The van der Waals surface area contributed by atoms with Crippen molar-refractivity contribution in [3.63, 3.8) is 0 Å². The lowest BCUT2D eigenvalue weighted by atomic mass is 9.32. The fraction of sp³-hybridized carbons (Fsp3) is 0.900. The van der Waals surface area contributed by atoms with E-state index in [0.29, 0.717) is 33.4 Å². The Morgan fingerprint density at radius 1 is 0.806 bits per heavy atom. The Labute approximate surface area is 192 Å². The number of carbonyl (C=O) groups is 1. The van der Waals surface area contributed by atoms with Crippen LogP contribution in [-0.2, 0) is 4.79 Å². The number of carbonyl (C=O) groups excluding carboxylic acids is 1. The van der Waals surface area contributed by atoms with Crippen LogP contribution in [0, 0.1) is 56.7 Å². The molecule has 5 rings (SSSR count). The highest BCUT2D eigenvalue weighted by Crippen LogP contribution is 2.77. The molecule has 5 fully saturated rings. The third-order valence-corrected chi connectivity index (χ3v) is 13.2. The molecule has 0 bridgehead atoms. The topological polar surface area (TPSA) is 17.1 Å². The number of ketones is 1. The van der Waals surface area contributed by atoms with E-state index < -0.39 is 0 Å². The molecule has 5 unspecified atom stereocenters. The highest BCUT2D eigenvalue weighted by molar-refractivity contribution is 5.85. The van der Waals surface area contributed by atoms with Crippen molar-refractivity contribution < 1.29 is 4.79 Å². The molecule has 1 nitrogen and oxygen atoms in total. The Morgan fingerprint density at radius 2 is 1.52 bits per heavy atom. The largest absolute Gasteiger partial charge is 0.299 e. The number of hydrogen-bond donors (Lipinski definition) is 0. The molecule has 5 aliphatic rings. The van der Waals surface area contributed by atoms with Crippen molar-refractivity contribution in [2.75, 3.05) is 0 Å². The molecule has 0 radical (unpaired) electrons. The highest BCUT2D eigenvalue weighted by atomic mass is 16.1. The third kappa shape index (κ3) is 2.59. The van der Waals surface area contributed by atoms with Crippen molar-refractivity contribution in [2.45, 2.75) is 113 Å². The van der Waals surface area contributed by atoms with E-state index in [9.17, 15) is 4.79 Å². The number of fused-ring (bicyclic) bond motifs is 7. The monoisotopic (exact) mass is 424 g/mol. The van der Waals surface area contributed by atoms with Crippen LogP contribution < -0.4 is 0 Å². The molecule has 0 heterocycles. The lowest BCUT2D eigenvalue weighted by Gasteiger charge is -2.72. The van der Waals surface area contributed by atoms with Gasteiger partial charge in [0, 0.05) is 11.8 Å². The average molecular weight is 425 g/mol. The fourth-order valence-corrected chi connectivity index (χ4v) is 11.3. The minimum atomic E-state index is -0.131. The Morgan fingerprint density at radius 3 is 2.19 bits per heavy atom. The van der Waals surface area contributed by atoms with Gasteiger partial charge in [0.1, 0.15) is 5.78 Å². The lowest BCUT2D eigenvalue weighted by Crippen LogP contribution is -2.66. The van der Waals surface area contributed by atoms with Gasteiger partial charge in [-0.2, -0.15) is 0 Å². The second-order valence-corrected chi connectivity index (χ2v) is 14.5. The summed E-state index contributed by atoms with van der Waals surface area (Å²) in [4.78, 5) is 12.9. The second-order valence-electron chi connectivity index (χ2n) is 14.5.